The molecule has 1 aliphatic heterocycles. The molecule has 4 nitrogen and oxygen atoms in total. The number of fused-ring (bicyclic) bond motifs is 1. The largest absolute Gasteiger partial charge is 0.338 e. The van der Waals surface area contributed by atoms with Crippen molar-refractivity contribution < 1.29 is 0 Å². The molecule has 0 amide bonds. The average molecular weight is 306 g/mol. The molecule has 0 spiro atoms. The molecule has 1 aliphatic rings. The van der Waals surface area contributed by atoms with E-state index in [-0.39, 0.29) is 0 Å². The number of hydrogen-bond acceptors (Lipinski definition) is 3. The second-order valence-corrected chi connectivity index (χ2v) is 6.38. The summed E-state index contributed by atoms with van der Waals surface area (Å²) in [6, 6.07) is 16.9. The smallest absolute Gasteiger partial charge is 0.138 e. The molecule has 1 N–H and O–H groups in total. The highest BCUT2D eigenvalue weighted by atomic mass is 15.2. The van der Waals surface area contributed by atoms with Gasteiger partial charge < -0.3 is 9.88 Å². The third-order valence-corrected chi connectivity index (χ3v) is 4.62. The van der Waals surface area contributed by atoms with Crippen LogP contribution in [0.3, 0.4) is 0 Å². The standard InChI is InChI=1S/C19H22N4/c1-22-10-12-23(13-11-22)14-15-6-8-16(9-7-15)19-20-17-4-2-3-5-18(17)21-19/h2-9H,10-14H2,1H3,(H,20,21). The lowest BCUT2D eigenvalue weighted by Crippen LogP contribution is -2.43. The molecule has 2 aromatic carbocycles. The summed E-state index contributed by atoms with van der Waals surface area (Å²) in [4.78, 5) is 13.0. The third-order valence-electron chi connectivity index (χ3n) is 4.62. The number of likely N-dealkylation sites (N-methyl/N-ethyl adjacent to an activating group) is 1. The first-order chi connectivity index (χ1) is 11.3. The second-order valence-electron chi connectivity index (χ2n) is 6.38. The van der Waals surface area contributed by atoms with E-state index in [0.717, 1.165) is 55.1 Å². The summed E-state index contributed by atoms with van der Waals surface area (Å²) in [6.07, 6.45) is 0. The van der Waals surface area contributed by atoms with Gasteiger partial charge in [0.15, 0.2) is 0 Å². The van der Waals surface area contributed by atoms with Crippen molar-refractivity contribution in [3.05, 3.63) is 54.1 Å². The Hall–Kier alpha value is -2.17. The Bertz CT molecular complexity index is 749. The van der Waals surface area contributed by atoms with E-state index in [0.29, 0.717) is 0 Å². The summed E-state index contributed by atoms with van der Waals surface area (Å²) in [5, 5.41) is 0. The van der Waals surface area contributed by atoms with Crippen LogP contribution in [0.2, 0.25) is 0 Å². The number of rotatable bonds is 3. The fraction of sp³-hybridized carbons (Fsp3) is 0.316. The first-order valence-corrected chi connectivity index (χ1v) is 8.23. The average Bonchev–Trinajstić information content (AvgIpc) is 3.02. The molecule has 1 fully saturated rings. The van der Waals surface area contributed by atoms with Crippen molar-refractivity contribution in [1.82, 2.24) is 19.8 Å². The molecule has 118 valence electrons. The molecule has 2 heterocycles. The number of H-pyrrole nitrogens is 1. The van der Waals surface area contributed by atoms with E-state index in [1.165, 1.54) is 5.56 Å². The van der Waals surface area contributed by atoms with Crippen LogP contribution in [0.25, 0.3) is 22.4 Å². The van der Waals surface area contributed by atoms with Crippen LogP contribution in [0.1, 0.15) is 5.56 Å². The van der Waals surface area contributed by atoms with Crippen LogP contribution < -0.4 is 0 Å². The summed E-state index contributed by atoms with van der Waals surface area (Å²) < 4.78 is 0. The van der Waals surface area contributed by atoms with Gasteiger partial charge in [0.25, 0.3) is 0 Å². The Labute approximate surface area is 136 Å². The Kier molecular flexibility index (Phi) is 3.85. The maximum atomic E-state index is 4.67. The van der Waals surface area contributed by atoms with Crippen LogP contribution in [-0.2, 0) is 6.54 Å². The van der Waals surface area contributed by atoms with Crippen molar-refractivity contribution in [3.63, 3.8) is 0 Å². The third kappa shape index (κ3) is 3.14. The number of aromatic amines is 1. The minimum absolute atomic E-state index is 0.942. The van der Waals surface area contributed by atoms with Crippen molar-refractivity contribution in [2.75, 3.05) is 33.2 Å². The van der Waals surface area contributed by atoms with E-state index in [2.05, 4.69) is 57.1 Å². The van der Waals surface area contributed by atoms with E-state index >= 15 is 0 Å². The number of piperazine rings is 1. The predicted octanol–water partition coefficient (Wildman–Crippen LogP) is 2.98. The topological polar surface area (TPSA) is 35.2 Å². The summed E-state index contributed by atoms with van der Waals surface area (Å²) in [7, 11) is 2.19. The van der Waals surface area contributed by atoms with Crippen LogP contribution in [0, 0.1) is 0 Å². The minimum atomic E-state index is 0.942. The van der Waals surface area contributed by atoms with Gasteiger partial charge in [0.05, 0.1) is 11.0 Å². The lowest BCUT2D eigenvalue weighted by Gasteiger charge is -2.32. The number of nitrogens with one attached hydrogen (secondary N) is 1. The Morgan fingerprint density at radius 3 is 2.43 bits per heavy atom. The SMILES string of the molecule is CN1CCN(Cc2ccc(-c3nc4ccccc4[nH]3)cc2)CC1. The van der Waals surface area contributed by atoms with E-state index in [1.807, 2.05) is 18.2 Å². The highest BCUT2D eigenvalue weighted by Gasteiger charge is 2.14. The van der Waals surface area contributed by atoms with E-state index in [1.54, 1.807) is 0 Å². The number of para-hydroxylation sites is 2. The zero-order valence-corrected chi connectivity index (χ0v) is 13.5. The molecule has 0 atom stereocenters. The molecule has 0 aliphatic carbocycles. The number of benzene rings is 2. The van der Waals surface area contributed by atoms with Gasteiger partial charge in [0, 0.05) is 38.3 Å². The summed E-state index contributed by atoms with van der Waals surface area (Å²) in [5.41, 5.74) is 4.62. The number of nitrogens with zero attached hydrogens (tertiary/aromatic N) is 3. The van der Waals surface area contributed by atoms with Gasteiger partial charge in [-0.25, -0.2) is 4.98 Å². The van der Waals surface area contributed by atoms with Crippen LogP contribution in [0.15, 0.2) is 48.5 Å². The molecule has 0 radical (unpaired) electrons. The number of aromatic nitrogens is 2. The first kappa shape index (κ1) is 14.4. The molecular formula is C19H22N4. The van der Waals surface area contributed by atoms with Crippen LogP contribution >= 0.6 is 0 Å². The second kappa shape index (κ2) is 6.14. The van der Waals surface area contributed by atoms with Gasteiger partial charge in [0.1, 0.15) is 5.82 Å². The van der Waals surface area contributed by atoms with Crippen molar-refractivity contribution in [1.29, 1.82) is 0 Å². The Morgan fingerprint density at radius 1 is 0.957 bits per heavy atom. The molecule has 4 heteroatoms. The molecule has 0 unspecified atom stereocenters. The van der Waals surface area contributed by atoms with Crippen molar-refractivity contribution >= 4 is 11.0 Å². The van der Waals surface area contributed by atoms with Gasteiger partial charge >= 0.3 is 0 Å². The van der Waals surface area contributed by atoms with Crippen LogP contribution in [0.5, 0.6) is 0 Å². The van der Waals surface area contributed by atoms with Gasteiger partial charge in [-0.05, 0) is 24.7 Å². The van der Waals surface area contributed by atoms with Crippen LogP contribution in [-0.4, -0.2) is 53.0 Å². The first-order valence-electron chi connectivity index (χ1n) is 8.23. The zero-order chi connectivity index (χ0) is 15.6. The Balaban J connectivity index is 1.49. The summed E-state index contributed by atoms with van der Waals surface area (Å²) in [6.45, 7) is 5.67. The predicted molar refractivity (Wildman–Crippen MR) is 94.3 cm³/mol. The normalized spacial score (nSPS) is 16.9. The van der Waals surface area contributed by atoms with Gasteiger partial charge in [-0.3, -0.25) is 4.90 Å². The molecule has 23 heavy (non-hydrogen) atoms. The van der Waals surface area contributed by atoms with Gasteiger partial charge in [-0.15, -0.1) is 0 Å². The van der Waals surface area contributed by atoms with Crippen molar-refractivity contribution in [3.8, 4) is 11.4 Å². The zero-order valence-electron chi connectivity index (χ0n) is 13.5. The van der Waals surface area contributed by atoms with Crippen LogP contribution in [0.4, 0.5) is 0 Å². The molecule has 1 saturated heterocycles. The summed E-state index contributed by atoms with van der Waals surface area (Å²) in [5.74, 6) is 0.942. The fourth-order valence-corrected chi connectivity index (χ4v) is 3.12. The van der Waals surface area contributed by atoms with E-state index in [9.17, 15) is 0 Å². The van der Waals surface area contributed by atoms with Gasteiger partial charge in [-0.1, -0.05) is 36.4 Å². The van der Waals surface area contributed by atoms with E-state index < -0.39 is 0 Å². The number of hydrogen-bond donors (Lipinski definition) is 1. The summed E-state index contributed by atoms with van der Waals surface area (Å²) >= 11 is 0. The lowest BCUT2D eigenvalue weighted by molar-refractivity contribution is 0.148. The molecule has 3 aromatic rings. The molecular weight excluding hydrogens is 284 g/mol. The maximum Gasteiger partial charge on any atom is 0.138 e. The van der Waals surface area contributed by atoms with Gasteiger partial charge in [-0.2, -0.15) is 0 Å². The van der Waals surface area contributed by atoms with Crippen molar-refractivity contribution in [2.24, 2.45) is 0 Å². The molecule has 0 bridgehead atoms. The molecule has 4 rings (SSSR count). The highest BCUT2D eigenvalue weighted by Crippen LogP contribution is 2.21. The van der Waals surface area contributed by atoms with Crippen molar-refractivity contribution in [2.45, 2.75) is 6.54 Å². The fourth-order valence-electron chi connectivity index (χ4n) is 3.12. The van der Waals surface area contributed by atoms with Gasteiger partial charge in [0.2, 0.25) is 0 Å². The lowest BCUT2D eigenvalue weighted by atomic mass is 10.1. The quantitative estimate of drug-likeness (QED) is 0.808. The van der Waals surface area contributed by atoms with E-state index in [4.69, 9.17) is 0 Å². The maximum absolute atomic E-state index is 4.67. The minimum Gasteiger partial charge on any atom is -0.338 e. The monoisotopic (exact) mass is 306 g/mol. The molecule has 0 saturated carbocycles. The molecule has 1 aromatic heterocycles. The Morgan fingerprint density at radius 2 is 1.70 bits per heavy atom. The highest BCUT2D eigenvalue weighted by molar-refractivity contribution is 5.79. The number of imidazole rings is 1.